The molecule has 136 valence electrons. The number of nitrogens with one attached hydrogen (secondary N) is 1. The second kappa shape index (κ2) is 6.31. The fraction of sp³-hybridized carbons (Fsp3) is 0.550. The van der Waals surface area contributed by atoms with Gasteiger partial charge in [-0.1, -0.05) is 41.1 Å². The molecule has 1 amide bonds. The van der Waals surface area contributed by atoms with Gasteiger partial charge in [-0.25, -0.2) is 0 Å². The van der Waals surface area contributed by atoms with Crippen LogP contribution in [0.3, 0.4) is 0 Å². The first-order valence-corrected chi connectivity index (χ1v) is 10.7. The van der Waals surface area contributed by atoms with Gasteiger partial charge >= 0.3 is 0 Å². The Morgan fingerprint density at radius 2 is 1.77 bits per heavy atom. The molecule has 6 rings (SSSR count). The second-order valence-corrected chi connectivity index (χ2v) is 9.92. The Kier molecular flexibility index (Phi) is 4.05. The molecule has 26 heavy (non-hydrogen) atoms. The van der Waals surface area contributed by atoms with Crippen molar-refractivity contribution < 1.29 is 4.79 Å². The van der Waals surface area contributed by atoms with Gasteiger partial charge in [0.05, 0.1) is 5.02 Å². The average Bonchev–Trinajstić information content (AvgIpc) is 3.01. The zero-order valence-corrected chi connectivity index (χ0v) is 16.2. The smallest absolute Gasteiger partial charge is 0.226 e. The normalized spacial score (nSPS) is 32.0. The van der Waals surface area contributed by atoms with Gasteiger partial charge in [-0.2, -0.15) is 0 Å². The van der Waals surface area contributed by atoms with Gasteiger partial charge in [-0.15, -0.1) is 10.2 Å². The van der Waals surface area contributed by atoms with E-state index in [4.69, 9.17) is 11.6 Å². The molecule has 4 nitrogen and oxygen atoms in total. The minimum Gasteiger partial charge on any atom is -0.301 e. The third-order valence-electron chi connectivity index (χ3n) is 6.48. The van der Waals surface area contributed by atoms with E-state index in [1.807, 2.05) is 24.3 Å². The van der Waals surface area contributed by atoms with E-state index < -0.39 is 0 Å². The summed E-state index contributed by atoms with van der Waals surface area (Å²) in [5.74, 6) is 2.68. The van der Waals surface area contributed by atoms with Gasteiger partial charge in [0.25, 0.3) is 0 Å². The molecule has 1 aromatic carbocycles. The Morgan fingerprint density at radius 3 is 2.42 bits per heavy atom. The number of benzene rings is 1. The van der Waals surface area contributed by atoms with Crippen molar-refractivity contribution in [1.82, 2.24) is 10.2 Å². The number of nitrogens with zero attached hydrogens (tertiary/aromatic N) is 2. The average molecular weight is 388 g/mol. The minimum absolute atomic E-state index is 0.0915. The lowest BCUT2D eigenvalue weighted by atomic mass is 9.49. The molecule has 6 heteroatoms. The molecular weight excluding hydrogens is 366 g/mol. The van der Waals surface area contributed by atoms with Crippen LogP contribution < -0.4 is 5.32 Å². The number of carbonyl (C=O) groups is 1. The number of amides is 1. The van der Waals surface area contributed by atoms with E-state index in [0.717, 1.165) is 28.3 Å². The highest BCUT2D eigenvalue weighted by atomic mass is 35.5. The first-order chi connectivity index (χ1) is 12.6. The summed E-state index contributed by atoms with van der Waals surface area (Å²) < 4.78 is 0. The Morgan fingerprint density at radius 1 is 1.12 bits per heavy atom. The Balaban J connectivity index is 1.27. The summed E-state index contributed by atoms with van der Waals surface area (Å²) in [7, 11) is 0. The fourth-order valence-electron chi connectivity index (χ4n) is 6.03. The Bertz CT molecular complexity index is 814. The van der Waals surface area contributed by atoms with E-state index in [2.05, 4.69) is 15.5 Å². The predicted molar refractivity (Wildman–Crippen MR) is 104 cm³/mol. The molecular formula is C20H22ClN3OS. The number of halogens is 1. The van der Waals surface area contributed by atoms with Crippen molar-refractivity contribution in [2.24, 2.45) is 23.2 Å². The third kappa shape index (κ3) is 3.05. The van der Waals surface area contributed by atoms with Gasteiger partial charge in [-0.05, 0) is 67.8 Å². The summed E-state index contributed by atoms with van der Waals surface area (Å²) in [6.45, 7) is 0. The van der Waals surface area contributed by atoms with E-state index in [-0.39, 0.29) is 11.3 Å². The van der Waals surface area contributed by atoms with Gasteiger partial charge in [0, 0.05) is 12.0 Å². The van der Waals surface area contributed by atoms with Gasteiger partial charge < -0.3 is 5.32 Å². The van der Waals surface area contributed by atoms with Gasteiger partial charge in [0.2, 0.25) is 11.0 Å². The van der Waals surface area contributed by atoms with Crippen LogP contribution in [0.2, 0.25) is 5.02 Å². The summed E-state index contributed by atoms with van der Waals surface area (Å²) in [5, 5.41) is 13.3. The summed E-state index contributed by atoms with van der Waals surface area (Å²) >= 11 is 7.61. The topological polar surface area (TPSA) is 54.9 Å². The maximum absolute atomic E-state index is 12.7. The monoisotopic (exact) mass is 387 g/mol. The van der Waals surface area contributed by atoms with Crippen LogP contribution in [-0.2, 0) is 4.79 Å². The highest BCUT2D eigenvalue weighted by molar-refractivity contribution is 7.18. The quantitative estimate of drug-likeness (QED) is 0.763. The molecule has 0 spiro atoms. The molecule has 4 saturated carbocycles. The number of anilines is 1. The van der Waals surface area contributed by atoms with E-state index in [1.165, 1.54) is 49.9 Å². The molecule has 0 atom stereocenters. The van der Waals surface area contributed by atoms with Crippen molar-refractivity contribution in [2.45, 2.75) is 44.9 Å². The van der Waals surface area contributed by atoms with Crippen molar-refractivity contribution in [3.8, 4) is 10.6 Å². The highest BCUT2D eigenvalue weighted by Gasteiger charge is 2.51. The number of aromatic nitrogens is 2. The lowest BCUT2D eigenvalue weighted by Gasteiger charge is -2.56. The molecule has 4 aliphatic carbocycles. The van der Waals surface area contributed by atoms with Crippen LogP contribution in [0, 0.1) is 23.2 Å². The van der Waals surface area contributed by atoms with Crippen LogP contribution in [0.4, 0.5) is 5.13 Å². The molecule has 0 aliphatic heterocycles. The number of hydrogen-bond donors (Lipinski definition) is 1. The van der Waals surface area contributed by atoms with E-state index >= 15 is 0 Å². The van der Waals surface area contributed by atoms with Crippen LogP contribution in [0.15, 0.2) is 24.3 Å². The maximum atomic E-state index is 12.7. The highest BCUT2D eigenvalue weighted by Crippen LogP contribution is 2.61. The first-order valence-electron chi connectivity index (χ1n) is 9.47. The predicted octanol–water partition coefficient (Wildman–Crippen LogP) is 5.40. The van der Waals surface area contributed by atoms with Gasteiger partial charge in [0.1, 0.15) is 0 Å². The van der Waals surface area contributed by atoms with Crippen LogP contribution >= 0.6 is 22.9 Å². The van der Waals surface area contributed by atoms with E-state index in [9.17, 15) is 4.79 Å². The zero-order valence-electron chi connectivity index (χ0n) is 14.6. The van der Waals surface area contributed by atoms with Crippen molar-refractivity contribution >= 4 is 34.0 Å². The van der Waals surface area contributed by atoms with Crippen molar-refractivity contribution in [1.29, 1.82) is 0 Å². The number of rotatable bonds is 4. The van der Waals surface area contributed by atoms with Gasteiger partial charge in [0.15, 0.2) is 5.01 Å². The Labute approximate surface area is 162 Å². The van der Waals surface area contributed by atoms with Crippen LogP contribution in [0.25, 0.3) is 10.6 Å². The van der Waals surface area contributed by atoms with Gasteiger partial charge in [-0.3, -0.25) is 4.79 Å². The summed E-state index contributed by atoms with van der Waals surface area (Å²) in [4.78, 5) is 12.7. The van der Waals surface area contributed by atoms with Crippen molar-refractivity contribution in [3.63, 3.8) is 0 Å². The lowest BCUT2D eigenvalue weighted by Crippen LogP contribution is -2.47. The molecule has 4 fully saturated rings. The zero-order chi connectivity index (χ0) is 17.7. The third-order valence-corrected chi connectivity index (χ3v) is 7.68. The van der Waals surface area contributed by atoms with Crippen LogP contribution in [-0.4, -0.2) is 16.1 Å². The minimum atomic E-state index is 0.0915. The summed E-state index contributed by atoms with van der Waals surface area (Å²) in [5.41, 5.74) is 1.10. The maximum Gasteiger partial charge on any atom is 0.226 e. The lowest BCUT2D eigenvalue weighted by molar-refractivity contribution is -0.124. The summed E-state index contributed by atoms with van der Waals surface area (Å²) in [6, 6.07) is 7.57. The fourth-order valence-corrected chi connectivity index (χ4v) is 7.11. The SMILES string of the molecule is O=C(CC12CC3CC(CC(C3)C1)C2)Nc1nnc(-c2ccccc2Cl)s1. The summed E-state index contributed by atoms with van der Waals surface area (Å²) in [6.07, 6.45) is 8.57. The molecule has 1 aromatic heterocycles. The van der Waals surface area contributed by atoms with E-state index in [1.54, 1.807) is 0 Å². The van der Waals surface area contributed by atoms with Crippen LogP contribution in [0.1, 0.15) is 44.9 Å². The molecule has 2 aromatic rings. The molecule has 0 saturated heterocycles. The molecule has 1 N–H and O–H groups in total. The largest absolute Gasteiger partial charge is 0.301 e. The molecule has 1 heterocycles. The molecule has 0 radical (unpaired) electrons. The van der Waals surface area contributed by atoms with Crippen molar-refractivity contribution in [3.05, 3.63) is 29.3 Å². The first kappa shape index (κ1) is 16.7. The Hall–Kier alpha value is -1.46. The number of carbonyl (C=O) groups excluding carboxylic acids is 1. The van der Waals surface area contributed by atoms with E-state index in [0.29, 0.717) is 16.6 Å². The molecule has 4 bridgehead atoms. The van der Waals surface area contributed by atoms with Crippen LogP contribution in [0.5, 0.6) is 0 Å². The standard InChI is InChI=1S/C20H22ClN3OS/c21-16-4-2-1-3-15(16)18-23-24-19(26-18)22-17(25)11-20-8-12-5-13(9-20)7-14(6-12)10-20/h1-4,12-14H,5-11H2,(H,22,24,25). The molecule has 0 unspecified atom stereocenters. The molecule has 4 aliphatic rings. The number of hydrogen-bond acceptors (Lipinski definition) is 4. The van der Waals surface area contributed by atoms with Crippen molar-refractivity contribution in [2.75, 3.05) is 5.32 Å². The second-order valence-electron chi connectivity index (χ2n) is 8.53.